The van der Waals surface area contributed by atoms with Crippen molar-refractivity contribution in [3.8, 4) is 5.75 Å². The molecule has 0 N–H and O–H groups in total. The Kier molecular flexibility index (Phi) is 6.67. The van der Waals surface area contributed by atoms with Crippen LogP contribution in [0.1, 0.15) is 26.3 Å². The molecular weight excluding hydrogens is 390 g/mol. The lowest BCUT2D eigenvalue weighted by atomic mass is 10.1. The summed E-state index contributed by atoms with van der Waals surface area (Å²) in [4.78, 5) is 29.4. The molecule has 0 saturated carbocycles. The number of methoxy groups -OCH3 is 2. The van der Waals surface area contributed by atoms with Gasteiger partial charge in [0.2, 0.25) is 0 Å². The molecule has 0 aliphatic carbocycles. The molecular formula is C20H29N3O5Si. The molecule has 1 aliphatic heterocycles. The van der Waals surface area contributed by atoms with E-state index in [0.717, 1.165) is 12.7 Å². The van der Waals surface area contributed by atoms with Crippen molar-refractivity contribution in [3.63, 3.8) is 0 Å². The Hall–Kier alpha value is -2.48. The highest BCUT2D eigenvalue weighted by molar-refractivity contribution is 6.74. The second-order valence-corrected chi connectivity index (χ2v) is 13.3. The lowest BCUT2D eigenvalue weighted by molar-refractivity contribution is -0.139. The summed E-state index contributed by atoms with van der Waals surface area (Å²) in [7, 11) is 0.606. The zero-order chi connectivity index (χ0) is 22.0. The molecule has 1 amide bonds. The number of nitrogens with zero attached hydrogens (tertiary/aromatic N) is 3. The maximum atomic E-state index is 13.1. The quantitative estimate of drug-likeness (QED) is 0.176. The third-order valence-electron chi connectivity index (χ3n) is 5.72. The first-order valence-corrected chi connectivity index (χ1v) is 12.3. The molecule has 1 unspecified atom stereocenters. The van der Waals surface area contributed by atoms with Gasteiger partial charge in [0, 0.05) is 6.07 Å². The molecule has 1 aromatic carbocycles. The van der Waals surface area contributed by atoms with Crippen molar-refractivity contribution in [2.24, 2.45) is 0 Å². The van der Waals surface area contributed by atoms with Crippen LogP contribution in [0.15, 0.2) is 18.2 Å². The van der Waals surface area contributed by atoms with Crippen molar-refractivity contribution in [2.45, 2.75) is 51.4 Å². The maximum absolute atomic E-state index is 13.1. The largest absolute Gasteiger partial charge is 0.497 e. The number of esters is 1. The van der Waals surface area contributed by atoms with Gasteiger partial charge in [-0.15, -0.1) is 0 Å². The highest BCUT2D eigenvalue weighted by atomic mass is 28.4. The van der Waals surface area contributed by atoms with Crippen LogP contribution < -0.4 is 9.64 Å². The standard InChI is InChI=1S/C20H29N3O5Si/c1-20(2,3)29(6,7)28-12-14-10-13-8-9-15(26-4)11-16(13)23(14)18(24)17(22-21)19(25)27-5/h8-9,11,14H,10,12H2,1-7H3. The number of anilines is 1. The number of carbonyl (C=O) groups is 2. The predicted molar refractivity (Wildman–Crippen MR) is 112 cm³/mol. The van der Waals surface area contributed by atoms with Gasteiger partial charge in [0.15, 0.2) is 8.32 Å². The van der Waals surface area contributed by atoms with Gasteiger partial charge in [-0.05, 0) is 36.2 Å². The van der Waals surface area contributed by atoms with E-state index in [-0.39, 0.29) is 11.1 Å². The minimum atomic E-state index is -2.06. The Bertz CT molecular complexity index is 856. The molecule has 1 aromatic rings. The Morgan fingerprint density at radius 3 is 2.45 bits per heavy atom. The third kappa shape index (κ3) is 4.58. The van der Waals surface area contributed by atoms with E-state index in [4.69, 9.17) is 9.16 Å². The van der Waals surface area contributed by atoms with Crippen LogP contribution in [0.5, 0.6) is 5.75 Å². The second kappa shape index (κ2) is 8.48. The minimum absolute atomic E-state index is 0.0141. The molecule has 9 heteroatoms. The van der Waals surface area contributed by atoms with Crippen LogP contribution >= 0.6 is 0 Å². The van der Waals surface area contributed by atoms with Crippen LogP contribution in [-0.2, 0) is 25.2 Å². The van der Waals surface area contributed by atoms with Crippen molar-refractivity contribution in [1.82, 2.24) is 0 Å². The van der Waals surface area contributed by atoms with Crippen LogP contribution in [0.2, 0.25) is 18.1 Å². The predicted octanol–water partition coefficient (Wildman–Crippen LogP) is 2.82. The van der Waals surface area contributed by atoms with Gasteiger partial charge in [-0.3, -0.25) is 9.69 Å². The summed E-state index contributed by atoms with van der Waals surface area (Å²) < 4.78 is 16.2. The molecule has 29 heavy (non-hydrogen) atoms. The molecule has 1 aliphatic rings. The van der Waals surface area contributed by atoms with Gasteiger partial charge >= 0.3 is 17.6 Å². The van der Waals surface area contributed by atoms with E-state index >= 15 is 0 Å². The SMILES string of the molecule is COC(=O)C(=[N+]=[N-])C(=O)N1c2cc(OC)ccc2CC1CO[Si](C)(C)C(C)(C)C. The van der Waals surface area contributed by atoms with Crippen LogP contribution in [-0.4, -0.2) is 57.6 Å². The number of rotatable bonds is 6. The molecule has 1 heterocycles. The molecule has 158 valence electrons. The van der Waals surface area contributed by atoms with E-state index in [1.165, 1.54) is 12.0 Å². The molecule has 2 rings (SSSR count). The van der Waals surface area contributed by atoms with Crippen LogP contribution in [0.3, 0.4) is 0 Å². The molecule has 0 radical (unpaired) electrons. The average molecular weight is 420 g/mol. The summed E-state index contributed by atoms with van der Waals surface area (Å²) in [5.41, 5.74) is 10.1. The molecule has 1 atom stereocenters. The summed E-state index contributed by atoms with van der Waals surface area (Å²) in [6.07, 6.45) is 0.555. The van der Waals surface area contributed by atoms with E-state index in [1.807, 2.05) is 12.1 Å². The molecule has 8 nitrogen and oxygen atoms in total. The maximum Gasteiger partial charge on any atom is 0.463 e. The van der Waals surface area contributed by atoms with Crippen LogP contribution in [0, 0.1) is 0 Å². The summed E-state index contributed by atoms with van der Waals surface area (Å²) in [6.45, 7) is 11.0. The fraction of sp³-hybridized carbons (Fsp3) is 0.550. The fourth-order valence-electron chi connectivity index (χ4n) is 2.92. The first-order chi connectivity index (χ1) is 13.5. The third-order valence-corrected chi connectivity index (χ3v) is 10.2. The van der Waals surface area contributed by atoms with Gasteiger partial charge in [-0.25, -0.2) is 4.79 Å². The highest BCUT2D eigenvalue weighted by Gasteiger charge is 2.45. The highest BCUT2D eigenvalue weighted by Crippen LogP contribution is 2.39. The Morgan fingerprint density at radius 2 is 1.93 bits per heavy atom. The average Bonchev–Trinajstić information content (AvgIpc) is 3.03. The summed E-state index contributed by atoms with van der Waals surface area (Å²) >= 11 is 0. The van der Waals surface area contributed by atoms with Crippen molar-refractivity contribution in [1.29, 1.82) is 0 Å². The normalized spacial score (nSPS) is 16.1. The number of amides is 1. The zero-order valence-corrected chi connectivity index (χ0v) is 19.1. The van der Waals surface area contributed by atoms with Crippen molar-refractivity contribution < 1.29 is 28.3 Å². The first-order valence-electron chi connectivity index (χ1n) is 9.41. The molecule has 0 fully saturated rings. The minimum Gasteiger partial charge on any atom is -0.497 e. The Labute approximate surface area is 172 Å². The number of benzene rings is 1. The van der Waals surface area contributed by atoms with Crippen LogP contribution in [0.4, 0.5) is 5.69 Å². The molecule has 0 bridgehead atoms. The monoisotopic (exact) mass is 419 g/mol. The zero-order valence-electron chi connectivity index (χ0n) is 18.1. The van der Waals surface area contributed by atoms with Crippen molar-refractivity contribution in [3.05, 3.63) is 29.3 Å². The van der Waals surface area contributed by atoms with E-state index in [0.29, 0.717) is 24.5 Å². The fourth-order valence-corrected chi connectivity index (χ4v) is 3.96. The van der Waals surface area contributed by atoms with Crippen LogP contribution in [0.25, 0.3) is 5.53 Å². The Morgan fingerprint density at radius 1 is 1.28 bits per heavy atom. The topological polar surface area (TPSA) is 101 Å². The summed E-state index contributed by atoms with van der Waals surface area (Å²) in [5, 5.41) is 0.0141. The van der Waals surface area contributed by atoms with Gasteiger partial charge in [-0.2, -0.15) is 4.79 Å². The smallest absolute Gasteiger partial charge is 0.463 e. The number of fused-ring (bicyclic) bond motifs is 1. The molecule has 0 aromatic heterocycles. The van der Waals surface area contributed by atoms with Gasteiger partial charge < -0.3 is 19.4 Å². The number of hydrogen-bond acceptors (Lipinski definition) is 5. The van der Waals surface area contributed by atoms with Gasteiger partial charge in [0.05, 0.1) is 32.6 Å². The van der Waals surface area contributed by atoms with E-state index in [2.05, 4.69) is 43.4 Å². The van der Waals surface area contributed by atoms with Gasteiger partial charge in [0.1, 0.15) is 5.75 Å². The Balaban J connectivity index is 2.42. The van der Waals surface area contributed by atoms with Gasteiger partial charge in [-0.1, -0.05) is 26.8 Å². The number of hydrogen-bond donors (Lipinski definition) is 0. The second-order valence-electron chi connectivity index (χ2n) is 8.54. The summed E-state index contributed by atoms with van der Waals surface area (Å²) in [5.74, 6) is -1.17. The number of ether oxygens (including phenoxy) is 2. The van der Waals surface area contributed by atoms with Gasteiger partial charge in [0.25, 0.3) is 0 Å². The van der Waals surface area contributed by atoms with Crippen molar-refractivity contribution >= 4 is 31.6 Å². The van der Waals surface area contributed by atoms with E-state index in [1.54, 1.807) is 6.07 Å². The van der Waals surface area contributed by atoms with E-state index < -0.39 is 25.9 Å². The van der Waals surface area contributed by atoms with Crippen molar-refractivity contribution in [2.75, 3.05) is 25.7 Å². The molecule has 0 spiro atoms. The lowest BCUT2D eigenvalue weighted by Gasteiger charge is -2.37. The molecule has 0 saturated heterocycles. The summed E-state index contributed by atoms with van der Waals surface area (Å²) in [6, 6.07) is 5.08. The first kappa shape index (κ1) is 22.8. The lowest BCUT2D eigenvalue weighted by Crippen LogP contribution is -2.50. The van der Waals surface area contributed by atoms with E-state index in [9.17, 15) is 15.1 Å². The number of carbonyl (C=O) groups excluding carboxylic acids is 2.